The van der Waals surface area contributed by atoms with Gasteiger partial charge in [0.25, 0.3) is 0 Å². The molecule has 0 unspecified atom stereocenters. The van der Waals surface area contributed by atoms with Crippen LogP contribution in [0.4, 0.5) is 0 Å². The monoisotopic (exact) mass is 238 g/mol. The van der Waals surface area contributed by atoms with E-state index in [4.69, 9.17) is 0 Å². The van der Waals surface area contributed by atoms with Gasteiger partial charge < -0.3 is 10.2 Å². The van der Waals surface area contributed by atoms with Gasteiger partial charge in [0.1, 0.15) is 0 Å². The summed E-state index contributed by atoms with van der Waals surface area (Å²) < 4.78 is 0. The maximum atomic E-state index is 3.59. The minimum Gasteiger partial charge on any atom is -0.314 e. The summed E-state index contributed by atoms with van der Waals surface area (Å²) in [5, 5.41) is 3.59. The lowest BCUT2D eigenvalue weighted by Gasteiger charge is -2.41. The summed E-state index contributed by atoms with van der Waals surface area (Å²) in [6.07, 6.45) is 10.0. The Morgan fingerprint density at radius 2 is 1.76 bits per heavy atom. The Morgan fingerprint density at radius 3 is 2.35 bits per heavy atom. The number of piperidine rings is 1. The van der Waals surface area contributed by atoms with Crippen LogP contribution in [0.1, 0.15) is 58.8 Å². The van der Waals surface area contributed by atoms with Crippen LogP contribution >= 0.6 is 0 Å². The van der Waals surface area contributed by atoms with Crippen LogP contribution in [0.5, 0.6) is 0 Å². The molecule has 2 heteroatoms. The summed E-state index contributed by atoms with van der Waals surface area (Å²) in [6.45, 7) is 9.84. The predicted molar refractivity (Wildman–Crippen MR) is 74.3 cm³/mol. The Balaban J connectivity index is 1.73. The van der Waals surface area contributed by atoms with E-state index in [1.165, 1.54) is 64.6 Å². The molecule has 0 aromatic rings. The Bertz CT molecular complexity index is 213. The molecule has 2 rings (SSSR count). The van der Waals surface area contributed by atoms with Crippen LogP contribution in [-0.2, 0) is 0 Å². The van der Waals surface area contributed by atoms with Crippen molar-refractivity contribution in [3.63, 3.8) is 0 Å². The molecule has 1 saturated heterocycles. The van der Waals surface area contributed by atoms with Gasteiger partial charge in [-0.25, -0.2) is 0 Å². The smallest absolute Gasteiger partial charge is 0.00912 e. The van der Waals surface area contributed by atoms with E-state index in [1.807, 2.05) is 0 Å². The highest BCUT2D eigenvalue weighted by Gasteiger charge is 2.30. The normalized spacial score (nSPS) is 27.2. The molecule has 100 valence electrons. The van der Waals surface area contributed by atoms with Crippen molar-refractivity contribution in [3.8, 4) is 0 Å². The number of hydrogen-bond acceptors (Lipinski definition) is 2. The van der Waals surface area contributed by atoms with Crippen molar-refractivity contribution in [1.82, 2.24) is 10.2 Å². The maximum absolute atomic E-state index is 3.59. The van der Waals surface area contributed by atoms with Crippen molar-refractivity contribution >= 4 is 0 Å². The van der Waals surface area contributed by atoms with Gasteiger partial charge in [0.05, 0.1) is 0 Å². The van der Waals surface area contributed by atoms with Crippen molar-refractivity contribution in [1.29, 1.82) is 0 Å². The van der Waals surface area contributed by atoms with Crippen molar-refractivity contribution in [2.45, 2.75) is 64.8 Å². The summed E-state index contributed by atoms with van der Waals surface area (Å²) >= 11 is 0. The van der Waals surface area contributed by atoms with Gasteiger partial charge >= 0.3 is 0 Å². The molecule has 1 saturated carbocycles. The fraction of sp³-hybridized carbons (Fsp3) is 1.00. The molecule has 0 aromatic heterocycles. The Kier molecular flexibility index (Phi) is 4.87. The van der Waals surface area contributed by atoms with Gasteiger partial charge in [0.15, 0.2) is 0 Å². The van der Waals surface area contributed by atoms with Crippen LogP contribution in [0, 0.1) is 5.41 Å². The summed E-state index contributed by atoms with van der Waals surface area (Å²) in [5.41, 5.74) is 0.628. The van der Waals surface area contributed by atoms with E-state index < -0.39 is 0 Å². The first-order chi connectivity index (χ1) is 8.22. The standard InChI is InChI=1S/C15H30N2/c1-3-16-14-7-11-17(12-8-14)13-15(2)9-5-4-6-10-15/h14,16H,3-13H2,1-2H3. The molecule has 0 amide bonds. The molecular formula is C15H30N2. The SMILES string of the molecule is CCNC1CCN(CC2(C)CCCCC2)CC1. The molecule has 2 nitrogen and oxygen atoms in total. The van der Waals surface area contributed by atoms with Crippen LogP contribution in [0.2, 0.25) is 0 Å². The molecule has 17 heavy (non-hydrogen) atoms. The average Bonchev–Trinajstić information content (AvgIpc) is 2.33. The molecule has 2 aliphatic rings. The van der Waals surface area contributed by atoms with E-state index in [9.17, 15) is 0 Å². The third-order valence-electron chi connectivity index (χ3n) is 4.75. The van der Waals surface area contributed by atoms with E-state index in [0.717, 1.165) is 12.6 Å². The third kappa shape index (κ3) is 3.96. The molecule has 0 atom stereocenters. The Hall–Kier alpha value is -0.0800. The topological polar surface area (TPSA) is 15.3 Å². The number of nitrogens with zero attached hydrogens (tertiary/aromatic N) is 1. The summed E-state index contributed by atoms with van der Waals surface area (Å²) in [5.74, 6) is 0. The zero-order valence-electron chi connectivity index (χ0n) is 11.8. The van der Waals surface area contributed by atoms with Gasteiger partial charge in [-0.2, -0.15) is 0 Å². The lowest BCUT2D eigenvalue weighted by atomic mass is 9.75. The van der Waals surface area contributed by atoms with Crippen molar-refractivity contribution in [2.75, 3.05) is 26.2 Å². The zero-order chi connectivity index (χ0) is 12.1. The van der Waals surface area contributed by atoms with Gasteiger partial charge in [-0.1, -0.05) is 33.1 Å². The second kappa shape index (κ2) is 6.19. The molecule has 1 aliphatic heterocycles. The van der Waals surface area contributed by atoms with Gasteiger partial charge in [-0.3, -0.25) is 0 Å². The van der Waals surface area contributed by atoms with Crippen molar-refractivity contribution < 1.29 is 0 Å². The first kappa shape index (κ1) is 13.4. The lowest BCUT2D eigenvalue weighted by molar-refractivity contribution is 0.0978. The minimum absolute atomic E-state index is 0.628. The third-order valence-corrected chi connectivity index (χ3v) is 4.75. The first-order valence-corrected chi connectivity index (χ1v) is 7.68. The molecule has 0 radical (unpaired) electrons. The average molecular weight is 238 g/mol. The van der Waals surface area contributed by atoms with Crippen LogP contribution in [0.25, 0.3) is 0 Å². The number of nitrogens with one attached hydrogen (secondary N) is 1. The van der Waals surface area contributed by atoms with E-state index in [1.54, 1.807) is 0 Å². The maximum Gasteiger partial charge on any atom is 0.00912 e. The highest BCUT2D eigenvalue weighted by Crippen LogP contribution is 2.36. The molecular weight excluding hydrogens is 208 g/mol. The molecule has 2 fully saturated rings. The Labute approximate surface area is 107 Å². The molecule has 1 aliphatic carbocycles. The second-order valence-electron chi connectivity index (χ2n) is 6.48. The lowest BCUT2D eigenvalue weighted by Crippen LogP contribution is -2.46. The highest BCUT2D eigenvalue weighted by molar-refractivity contribution is 4.85. The fourth-order valence-corrected chi connectivity index (χ4v) is 3.69. The van der Waals surface area contributed by atoms with Crippen molar-refractivity contribution in [2.24, 2.45) is 5.41 Å². The Morgan fingerprint density at radius 1 is 1.12 bits per heavy atom. The molecule has 0 bridgehead atoms. The quantitative estimate of drug-likeness (QED) is 0.810. The number of hydrogen-bond donors (Lipinski definition) is 1. The zero-order valence-corrected chi connectivity index (χ0v) is 11.8. The van der Waals surface area contributed by atoms with Gasteiger partial charge in [0.2, 0.25) is 0 Å². The van der Waals surface area contributed by atoms with Crippen LogP contribution in [0.3, 0.4) is 0 Å². The van der Waals surface area contributed by atoms with Gasteiger partial charge in [-0.15, -0.1) is 0 Å². The summed E-state index contributed by atoms with van der Waals surface area (Å²) in [4.78, 5) is 2.72. The molecule has 1 N–H and O–H groups in total. The number of rotatable bonds is 4. The van der Waals surface area contributed by atoms with Gasteiger partial charge in [-0.05, 0) is 50.7 Å². The molecule has 0 aromatic carbocycles. The predicted octanol–water partition coefficient (Wildman–Crippen LogP) is 3.03. The molecule has 1 heterocycles. The second-order valence-corrected chi connectivity index (χ2v) is 6.48. The van der Waals surface area contributed by atoms with E-state index in [0.29, 0.717) is 5.41 Å². The summed E-state index contributed by atoms with van der Waals surface area (Å²) in [6, 6.07) is 0.787. The van der Waals surface area contributed by atoms with E-state index in [-0.39, 0.29) is 0 Å². The van der Waals surface area contributed by atoms with Crippen LogP contribution in [-0.4, -0.2) is 37.1 Å². The highest BCUT2D eigenvalue weighted by atomic mass is 15.1. The van der Waals surface area contributed by atoms with E-state index >= 15 is 0 Å². The van der Waals surface area contributed by atoms with Gasteiger partial charge in [0, 0.05) is 12.6 Å². The number of likely N-dealkylation sites (tertiary alicyclic amines) is 1. The largest absolute Gasteiger partial charge is 0.314 e. The van der Waals surface area contributed by atoms with Crippen LogP contribution in [0.15, 0.2) is 0 Å². The molecule has 0 spiro atoms. The fourth-order valence-electron chi connectivity index (χ4n) is 3.69. The van der Waals surface area contributed by atoms with E-state index in [2.05, 4.69) is 24.1 Å². The minimum atomic E-state index is 0.628. The first-order valence-electron chi connectivity index (χ1n) is 7.68. The van der Waals surface area contributed by atoms with Crippen LogP contribution < -0.4 is 5.32 Å². The van der Waals surface area contributed by atoms with Crippen molar-refractivity contribution in [3.05, 3.63) is 0 Å². The summed E-state index contributed by atoms with van der Waals surface area (Å²) in [7, 11) is 0.